The summed E-state index contributed by atoms with van der Waals surface area (Å²) in [6.45, 7) is 4.10. The van der Waals surface area contributed by atoms with Crippen molar-refractivity contribution in [3.63, 3.8) is 0 Å². The van der Waals surface area contributed by atoms with Gasteiger partial charge in [0.25, 0.3) is 0 Å². The first-order chi connectivity index (χ1) is 7.99. The molecular weight excluding hydrogens is 234 g/mol. The minimum absolute atomic E-state index is 0.407. The van der Waals surface area contributed by atoms with Gasteiger partial charge in [0.1, 0.15) is 10.8 Å². The summed E-state index contributed by atoms with van der Waals surface area (Å²) in [7, 11) is 4.04. The maximum Gasteiger partial charge on any atom is 0.134 e. The molecule has 94 valence electrons. The molecule has 0 saturated carbocycles. The number of nitrogens with two attached hydrogens (primary N) is 1. The second kappa shape index (κ2) is 4.62. The molecule has 0 aromatic carbocycles. The molecule has 3 N–H and O–H groups in total. The van der Waals surface area contributed by atoms with Gasteiger partial charge < -0.3 is 16.0 Å². The van der Waals surface area contributed by atoms with Gasteiger partial charge in [-0.1, -0.05) is 12.2 Å². The normalized spacial score (nSPS) is 20.8. The lowest BCUT2D eigenvalue weighted by Crippen LogP contribution is -2.26. The molecule has 0 spiro atoms. The fraction of sp³-hybridized carbons (Fsp3) is 0.636. The van der Waals surface area contributed by atoms with E-state index in [1.54, 1.807) is 0 Å². The van der Waals surface area contributed by atoms with E-state index in [2.05, 4.69) is 22.4 Å². The van der Waals surface area contributed by atoms with Crippen LogP contribution in [0.15, 0.2) is 0 Å². The van der Waals surface area contributed by atoms with Gasteiger partial charge in [-0.15, -0.1) is 0 Å². The molecule has 1 unspecified atom stereocenters. The fourth-order valence-corrected chi connectivity index (χ4v) is 2.61. The molecule has 1 atom stereocenters. The third kappa shape index (κ3) is 2.42. The molecule has 6 heteroatoms. The molecule has 5 nitrogen and oxygen atoms in total. The maximum atomic E-state index is 5.76. The molecular formula is C11H19N5S. The molecule has 0 aliphatic carbocycles. The van der Waals surface area contributed by atoms with Crippen LogP contribution >= 0.6 is 12.2 Å². The number of nitrogens with zero attached hydrogens (tertiary/aromatic N) is 3. The van der Waals surface area contributed by atoms with Crippen LogP contribution in [0.5, 0.6) is 0 Å². The fourth-order valence-electron chi connectivity index (χ4n) is 2.36. The lowest BCUT2D eigenvalue weighted by molar-refractivity contribution is 0.414. The van der Waals surface area contributed by atoms with Gasteiger partial charge in [-0.25, -0.2) is 0 Å². The highest BCUT2D eigenvalue weighted by Crippen LogP contribution is 2.21. The summed E-state index contributed by atoms with van der Waals surface area (Å²) in [6, 6.07) is 0.447. The number of hydrogen-bond acceptors (Lipinski definition) is 4. The van der Waals surface area contributed by atoms with E-state index < -0.39 is 0 Å². The average Bonchev–Trinajstić information content (AvgIpc) is 2.72. The van der Waals surface area contributed by atoms with E-state index in [-0.39, 0.29) is 0 Å². The summed E-state index contributed by atoms with van der Waals surface area (Å²) in [5.41, 5.74) is 7.51. The topological polar surface area (TPSA) is 59.1 Å². The second-order valence-corrected chi connectivity index (χ2v) is 5.13. The highest BCUT2D eigenvalue weighted by atomic mass is 32.1. The van der Waals surface area contributed by atoms with E-state index in [9.17, 15) is 0 Å². The van der Waals surface area contributed by atoms with E-state index >= 15 is 0 Å². The van der Waals surface area contributed by atoms with Gasteiger partial charge in [-0.05, 0) is 26.9 Å². The summed E-state index contributed by atoms with van der Waals surface area (Å²) in [5.74, 6) is 0.940. The molecule has 1 aromatic rings. The number of likely N-dealkylation sites (tertiary alicyclic amines) is 1. The zero-order valence-electron chi connectivity index (χ0n) is 10.5. The Morgan fingerprint density at radius 1 is 1.53 bits per heavy atom. The van der Waals surface area contributed by atoms with Gasteiger partial charge >= 0.3 is 0 Å². The highest BCUT2D eigenvalue weighted by Gasteiger charge is 2.23. The molecule has 17 heavy (non-hydrogen) atoms. The Bertz CT molecular complexity index is 439. The Hall–Kier alpha value is -1.14. The van der Waals surface area contributed by atoms with Crippen molar-refractivity contribution in [2.45, 2.75) is 19.4 Å². The van der Waals surface area contributed by atoms with Crippen molar-refractivity contribution < 1.29 is 0 Å². The van der Waals surface area contributed by atoms with Gasteiger partial charge in [0.15, 0.2) is 0 Å². The summed E-state index contributed by atoms with van der Waals surface area (Å²) in [4.78, 5) is 2.71. The average molecular weight is 253 g/mol. The van der Waals surface area contributed by atoms with E-state index in [0.717, 1.165) is 36.6 Å². The van der Waals surface area contributed by atoms with Crippen LogP contribution in [0.4, 0.5) is 5.82 Å². The van der Waals surface area contributed by atoms with Crippen molar-refractivity contribution in [3.8, 4) is 0 Å². The van der Waals surface area contributed by atoms with Crippen molar-refractivity contribution in [2.75, 3.05) is 25.5 Å². The molecule has 1 fully saturated rings. The Morgan fingerprint density at radius 2 is 2.24 bits per heavy atom. The van der Waals surface area contributed by atoms with Crippen LogP contribution in [0.2, 0.25) is 0 Å². The van der Waals surface area contributed by atoms with Gasteiger partial charge in [-0.3, -0.25) is 4.68 Å². The summed E-state index contributed by atoms with van der Waals surface area (Å²) in [6.07, 6.45) is 1.14. The van der Waals surface area contributed by atoms with Crippen molar-refractivity contribution in [1.29, 1.82) is 0 Å². The first kappa shape index (κ1) is 12.3. The van der Waals surface area contributed by atoms with Crippen LogP contribution in [0.1, 0.15) is 17.7 Å². The second-order valence-electron chi connectivity index (χ2n) is 4.69. The maximum absolute atomic E-state index is 5.76. The van der Waals surface area contributed by atoms with E-state index in [0.29, 0.717) is 11.0 Å². The summed E-state index contributed by atoms with van der Waals surface area (Å²) in [5, 5.41) is 7.87. The number of likely N-dealkylation sites (N-methyl/N-ethyl adjacent to an activating group) is 1. The Kier molecular flexibility index (Phi) is 3.35. The van der Waals surface area contributed by atoms with Crippen molar-refractivity contribution in [1.82, 2.24) is 14.7 Å². The zero-order chi connectivity index (χ0) is 12.6. The van der Waals surface area contributed by atoms with Crippen molar-refractivity contribution in [2.24, 2.45) is 12.8 Å². The number of rotatable bonds is 3. The van der Waals surface area contributed by atoms with Gasteiger partial charge in [0.05, 0.1) is 11.3 Å². The number of nitrogens with one attached hydrogen (secondary N) is 1. The standard InChI is InChI=1S/C11H19N5S/c1-7-9(10(12)17)11(16(3)14-7)13-8-4-5-15(2)6-8/h8,13H,4-6H2,1-3H3,(H2,12,17). The van der Waals surface area contributed by atoms with Crippen LogP contribution in [-0.4, -0.2) is 45.8 Å². The molecule has 1 aromatic heterocycles. The predicted molar refractivity (Wildman–Crippen MR) is 73.4 cm³/mol. The largest absolute Gasteiger partial charge is 0.389 e. The lowest BCUT2D eigenvalue weighted by atomic mass is 10.2. The van der Waals surface area contributed by atoms with Crippen LogP contribution in [0.25, 0.3) is 0 Å². The molecule has 1 aliphatic heterocycles. The minimum Gasteiger partial charge on any atom is -0.389 e. The third-order valence-corrected chi connectivity index (χ3v) is 3.40. The van der Waals surface area contributed by atoms with E-state index in [1.807, 2.05) is 18.7 Å². The molecule has 2 heterocycles. The number of aryl methyl sites for hydroxylation is 2. The zero-order valence-corrected chi connectivity index (χ0v) is 11.3. The number of hydrogen-bond donors (Lipinski definition) is 2. The smallest absolute Gasteiger partial charge is 0.134 e. The Balaban J connectivity index is 2.23. The molecule has 0 amide bonds. The summed E-state index contributed by atoms with van der Waals surface area (Å²) >= 11 is 5.09. The quantitative estimate of drug-likeness (QED) is 0.767. The Morgan fingerprint density at radius 3 is 2.76 bits per heavy atom. The lowest BCUT2D eigenvalue weighted by Gasteiger charge is -2.15. The van der Waals surface area contributed by atoms with Crippen LogP contribution in [-0.2, 0) is 7.05 Å². The van der Waals surface area contributed by atoms with Crippen LogP contribution in [0.3, 0.4) is 0 Å². The van der Waals surface area contributed by atoms with Gasteiger partial charge in [0, 0.05) is 19.6 Å². The third-order valence-electron chi connectivity index (χ3n) is 3.20. The van der Waals surface area contributed by atoms with Gasteiger partial charge in [0.2, 0.25) is 0 Å². The van der Waals surface area contributed by atoms with Crippen molar-refractivity contribution >= 4 is 23.0 Å². The molecule has 0 radical (unpaired) electrons. The highest BCUT2D eigenvalue weighted by molar-refractivity contribution is 7.80. The number of anilines is 1. The van der Waals surface area contributed by atoms with Gasteiger partial charge in [-0.2, -0.15) is 5.10 Å². The molecule has 0 bridgehead atoms. The molecule has 1 saturated heterocycles. The molecule has 1 aliphatic rings. The Labute approximate surface area is 107 Å². The van der Waals surface area contributed by atoms with Crippen molar-refractivity contribution in [3.05, 3.63) is 11.3 Å². The van der Waals surface area contributed by atoms with Crippen LogP contribution < -0.4 is 11.1 Å². The predicted octanol–water partition coefficient (Wildman–Crippen LogP) is 0.479. The van der Waals surface area contributed by atoms with E-state index in [1.165, 1.54) is 0 Å². The first-order valence-corrected chi connectivity index (χ1v) is 6.18. The number of thiocarbonyl (C=S) groups is 1. The van der Waals surface area contributed by atoms with E-state index in [4.69, 9.17) is 18.0 Å². The first-order valence-electron chi connectivity index (χ1n) is 5.77. The SMILES string of the molecule is Cc1nn(C)c(NC2CCN(C)C2)c1C(N)=S. The molecule has 2 rings (SSSR count). The van der Waals surface area contributed by atoms with Crippen LogP contribution in [0, 0.1) is 6.92 Å². The minimum atomic E-state index is 0.407. The monoisotopic (exact) mass is 253 g/mol. The summed E-state index contributed by atoms with van der Waals surface area (Å²) < 4.78 is 1.82. The number of aromatic nitrogens is 2.